The molecule has 2 unspecified atom stereocenters. The van der Waals surface area contributed by atoms with E-state index in [1.54, 1.807) is 6.20 Å². The molecule has 0 radical (unpaired) electrons. The van der Waals surface area contributed by atoms with Gasteiger partial charge in [-0.15, -0.1) is 11.3 Å². The molecule has 1 aromatic carbocycles. The molecular formula is C26H26FN3O4S2. The number of halogens is 1. The largest absolute Gasteiger partial charge is 0.481 e. The van der Waals surface area contributed by atoms with Gasteiger partial charge in [0.05, 0.1) is 29.2 Å². The second kappa shape index (κ2) is 9.09. The third kappa shape index (κ3) is 4.63. The number of benzene rings is 1. The number of thioether (sulfide) groups is 1. The van der Waals surface area contributed by atoms with Crippen LogP contribution in [0.4, 0.5) is 10.1 Å². The molecule has 1 aliphatic heterocycles. The van der Waals surface area contributed by atoms with Crippen LogP contribution in [0.1, 0.15) is 30.9 Å². The average molecular weight is 528 g/mol. The maximum Gasteiger partial charge on any atom is 0.307 e. The number of carboxylic acids is 1. The summed E-state index contributed by atoms with van der Waals surface area (Å²) < 4.78 is 13.9. The number of rotatable bonds is 5. The second-order valence-electron chi connectivity index (χ2n) is 9.96. The average Bonchev–Trinajstić information content (AvgIpc) is 3.48. The fourth-order valence-electron chi connectivity index (χ4n) is 5.62. The van der Waals surface area contributed by atoms with Gasteiger partial charge in [0.15, 0.2) is 0 Å². The van der Waals surface area contributed by atoms with E-state index in [4.69, 9.17) is 4.98 Å². The third-order valence-electron chi connectivity index (χ3n) is 7.53. The standard InChI is InChI=1S/C26H26FN3O4S2/c27-18-8-17(11-28-12-18)24-29-22(20-9-15-7-16(15)10-21(20)25(31)32)23(36-24)14-1-3-19(4-2-14)30-5-6-35-26(33,34)13-30/h1-4,8,11-12,15-16,20-21,33-34H,5-7,9-10,13H2,(H,31,32)/t15?,16?,20-,21-/m1/s1. The lowest BCUT2D eigenvalue weighted by atomic mass is 9.77. The Morgan fingerprint density at radius 1 is 1.08 bits per heavy atom. The van der Waals surface area contributed by atoms with Crippen LogP contribution in [0.25, 0.3) is 21.0 Å². The summed E-state index contributed by atoms with van der Waals surface area (Å²) in [5.74, 6) is -0.247. The number of hydrogen-bond acceptors (Lipinski definition) is 8. The highest BCUT2D eigenvalue weighted by Crippen LogP contribution is 2.57. The van der Waals surface area contributed by atoms with Gasteiger partial charge in [-0.1, -0.05) is 23.9 Å². The van der Waals surface area contributed by atoms with Crippen LogP contribution in [0.3, 0.4) is 0 Å². The van der Waals surface area contributed by atoms with Crippen molar-refractivity contribution < 1.29 is 24.5 Å². The Hall–Kier alpha value is -2.53. The zero-order chi connectivity index (χ0) is 25.0. The molecule has 2 aromatic heterocycles. The van der Waals surface area contributed by atoms with Crippen molar-refractivity contribution in [1.82, 2.24) is 9.97 Å². The van der Waals surface area contributed by atoms with Gasteiger partial charge in [0.1, 0.15) is 10.8 Å². The Morgan fingerprint density at radius 2 is 1.86 bits per heavy atom. The van der Waals surface area contributed by atoms with Crippen molar-refractivity contribution in [2.24, 2.45) is 17.8 Å². The fraction of sp³-hybridized carbons (Fsp3) is 0.423. The fourth-order valence-corrected chi connectivity index (χ4v) is 7.63. The summed E-state index contributed by atoms with van der Waals surface area (Å²) in [6.07, 6.45) is 5.29. The van der Waals surface area contributed by atoms with Crippen LogP contribution in [0.5, 0.6) is 0 Å². The monoisotopic (exact) mass is 527 g/mol. The molecule has 2 saturated carbocycles. The zero-order valence-electron chi connectivity index (χ0n) is 19.4. The topological polar surface area (TPSA) is 107 Å². The van der Waals surface area contributed by atoms with E-state index >= 15 is 0 Å². The number of anilines is 1. The molecular weight excluding hydrogens is 501 g/mol. The first-order valence-corrected chi connectivity index (χ1v) is 13.9. The molecule has 7 nitrogen and oxygen atoms in total. The van der Waals surface area contributed by atoms with E-state index in [9.17, 15) is 24.5 Å². The molecule has 4 atom stereocenters. The number of aromatic nitrogens is 2. The summed E-state index contributed by atoms with van der Waals surface area (Å²) >= 11 is 2.56. The summed E-state index contributed by atoms with van der Waals surface area (Å²) in [6, 6.07) is 9.23. The Kier molecular flexibility index (Phi) is 6.02. The van der Waals surface area contributed by atoms with Crippen LogP contribution in [-0.2, 0) is 4.79 Å². The van der Waals surface area contributed by atoms with Crippen molar-refractivity contribution in [3.8, 4) is 21.0 Å². The first kappa shape index (κ1) is 23.8. The van der Waals surface area contributed by atoms with E-state index in [0.29, 0.717) is 41.1 Å². The van der Waals surface area contributed by atoms with Gasteiger partial charge in [-0.3, -0.25) is 9.78 Å². The van der Waals surface area contributed by atoms with E-state index in [1.165, 1.54) is 17.4 Å². The predicted molar refractivity (Wildman–Crippen MR) is 137 cm³/mol. The smallest absolute Gasteiger partial charge is 0.307 e. The van der Waals surface area contributed by atoms with Gasteiger partial charge in [0.25, 0.3) is 0 Å². The number of fused-ring (bicyclic) bond motifs is 1. The van der Waals surface area contributed by atoms with E-state index in [-0.39, 0.29) is 12.5 Å². The molecule has 3 aliphatic rings. The second-order valence-corrected chi connectivity index (χ2v) is 12.3. The number of hydrogen-bond donors (Lipinski definition) is 3. The van der Waals surface area contributed by atoms with Crippen LogP contribution in [-0.4, -0.2) is 55.2 Å². The van der Waals surface area contributed by atoms with Gasteiger partial charge in [-0.2, -0.15) is 0 Å². The Balaban J connectivity index is 1.39. The maximum atomic E-state index is 13.9. The van der Waals surface area contributed by atoms with Gasteiger partial charge in [-0.05, 0) is 54.9 Å². The quantitative estimate of drug-likeness (QED) is 0.419. The van der Waals surface area contributed by atoms with Crippen molar-refractivity contribution >= 4 is 34.8 Å². The third-order valence-corrected chi connectivity index (χ3v) is 9.68. The minimum absolute atomic E-state index is 0.116. The summed E-state index contributed by atoms with van der Waals surface area (Å²) in [6.45, 7) is 0.824. The van der Waals surface area contributed by atoms with Crippen LogP contribution < -0.4 is 4.90 Å². The molecule has 36 heavy (non-hydrogen) atoms. The summed E-state index contributed by atoms with van der Waals surface area (Å²) in [4.78, 5) is 23.9. The van der Waals surface area contributed by atoms with Crippen molar-refractivity contribution in [2.75, 3.05) is 23.7 Å². The number of nitrogens with zero attached hydrogens (tertiary/aromatic N) is 3. The first-order valence-electron chi connectivity index (χ1n) is 12.1. The van der Waals surface area contributed by atoms with Crippen molar-refractivity contribution in [3.63, 3.8) is 0 Å². The minimum Gasteiger partial charge on any atom is -0.481 e. The molecule has 3 fully saturated rings. The van der Waals surface area contributed by atoms with Gasteiger partial charge in [-0.25, -0.2) is 9.37 Å². The number of pyridine rings is 1. The van der Waals surface area contributed by atoms with Crippen LogP contribution in [0, 0.1) is 23.6 Å². The highest BCUT2D eigenvalue weighted by atomic mass is 32.2. The SMILES string of the molecule is O=C(O)[C@@H]1CC2CC2C[C@H]1c1nc(-c2cncc(F)c2)sc1-c1ccc(N2CCSC(O)(O)C2)cc1. The zero-order valence-corrected chi connectivity index (χ0v) is 21.0. The molecule has 3 N–H and O–H groups in total. The number of carboxylic acid groups (broad SMARTS) is 1. The molecule has 0 bridgehead atoms. The molecule has 3 aromatic rings. The number of aliphatic carboxylic acids is 1. The van der Waals surface area contributed by atoms with E-state index in [0.717, 1.165) is 52.6 Å². The molecule has 10 heteroatoms. The molecule has 2 aliphatic carbocycles. The van der Waals surface area contributed by atoms with Crippen molar-refractivity contribution in [1.29, 1.82) is 0 Å². The van der Waals surface area contributed by atoms with Gasteiger partial charge in [0, 0.05) is 35.7 Å². The summed E-state index contributed by atoms with van der Waals surface area (Å²) in [5.41, 5.74) is 3.14. The highest BCUT2D eigenvalue weighted by Gasteiger charge is 2.50. The molecule has 6 rings (SSSR count). The molecule has 0 spiro atoms. The van der Waals surface area contributed by atoms with Crippen LogP contribution in [0.15, 0.2) is 42.7 Å². The van der Waals surface area contributed by atoms with Crippen molar-refractivity contribution in [3.05, 3.63) is 54.2 Å². The Labute approximate surface area is 216 Å². The van der Waals surface area contributed by atoms with E-state index in [1.807, 2.05) is 29.2 Å². The summed E-state index contributed by atoms with van der Waals surface area (Å²) in [7, 11) is 0. The Morgan fingerprint density at radius 3 is 2.58 bits per heavy atom. The van der Waals surface area contributed by atoms with Gasteiger partial charge < -0.3 is 20.2 Å². The van der Waals surface area contributed by atoms with Gasteiger partial charge >= 0.3 is 5.97 Å². The number of β-amino-alcohol motifs (C(OH)–C–C–N with tert-alkyl or cyclic N) is 2. The minimum atomic E-state index is -1.77. The number of carbonyl (C=O) groups is 1. The predicted octanol–water partition coefficient (Wildman–Crippen LogP) is 4.42. The maximum absolute atomic E-state index is 13.9. The summed E-state index contributed by atoms with van der Waals surface area (Å²) in [5, 5.41) is 28.9. The molecule has 3 heterocycles. The highest BCUT2D eigenvalue weighted by molar-refractivity contribution is 8.00. The van der Waals surface area contributed by atoms with Gasteiger partial charge in [0.2, 0.25) is 5.12 Å². The Bertz CT molecular complexity index is 1300. The number of thiazole rings is 1. The normalized spacial score (nSPS) is 26.9. The molecule has 0 amide bonds. The van der Waals surface area contributed by atoms with Crippen molar-refractivity contribution in [2.45, 2.75) is 30.3 Å². The molecule has 188 valence electrons. The lowest BCUT2D eigenvalue weighted by Gasteiger charge is -2.36. The van der Waals surface area contributed by atoms with Crippen LogP contribution in [0.2, 0.25) is 0 Å². The lowest BCUT2D eigenvalue weighted by molar-refractivity contribution is -0.143. The lowest BCUT2D eigenvalue weighted by Crippen LogP contribution is -2.46. The van der Waals surface area contributed by atoms with E-state index < -0.39 is 22.8 Å². The van der Waals surface area contributed by atoms with Crippen LogP contribution >= 0.6 is 23.1 Å². The molecule has 1 saturated heterocycles. The van der Waals surface area contributed by atoms with E-state index in [2.05, 4.69) is 4.98 Å². The number of aliphatic hydroxyl groups is 2. The first-order chi connectivity index (χ1) is 17.3.